The summed E-state index contributed by atoms with van der Waals surface area (Å²) in [6.07, 6.45) is 1.98. The van der Waals surface area contributed by atoms with E-state index in [1.54, 1.807) is 0 Å². The van der Waals surface area contributed by atoms with Crippen molar-refractivity contribution in [2.45, 2.75) is 0 Å². The van der Waals surface area contributed by atoms with Gasteiger partial charge in [0.15, 0.2) is 0 Å². The van der Waals surface area contributed by atoms with Crippen LogP contribution >= 0.6 is 0 Å². The van der Waals surface area contributed by atoms with Crippen LogP contribution in [0.15, 0.2) is 12.2 Å². The van der Waals surface area contributed by atoms with Gasteiger partial charge >= 0.3 is 57.4 Å². The molecule has 0 aromatic heterocycles. The molecule has 0 atom stereocenters. The van der Waals surface area contributed by atoms with Crippen molar-refractivity contribution in [1.29, 1.82) is 0 Å². The Morgan fingerprint density at radius 3 is 1.45 bits per heavy atom. The Morgan fingerprint density at radius 2 is 1.27 bits per heavy atom. The summed E-state index contributed by atoms with van der Waals surface area (Å²) in [7, 11) is 2.45. The Kier molecular flexibility index (Phi) is 10.3. The van der Waals surface area contributed by atoms with E-state index in [-0.39, 0.29) is 45.5 Å². The number of hydrogen-bond donors (Lipinski definition) is 0. The predicted molar refractivity (Wildman–Crippen MR) is 41.7 cm³/mol. The van der Waals surface area contributed by atoms with Gasteiger partial charge in [0.05, 0.1) is 14.2 Å². The standard InChI is InChI=1S/C6H8O4.Sr.2H/c1-9-5(7)3-4-6(8)10-2;;;/h3-4H,1-2H3;;;/b4-3+;;;. The third-order valence-corrected chi connectivity index (χ3v) is 0.758. The van der Waals surface area contributed by atoms with Crippen LogP contribution in [0.2, 0.25) is 0 Å². The second kappa shape index (κ2) is 8.26. The number of carbonyl (C=O) groups excluding carboxylic acids is 2. The van der Waals surface area contributed by atoms with Gasteiger partial charge in [-0.3, -0.25) is 0 Å². The minimum absolute atomic E-state index is 0. The van der Waals surface area contributed by atoms with Gasteiger partial charge in [0.2, 0.25) is 0 Å². The quantitative estimate of drug-likeness (QED) is 0.348. The van der Waals surface area contributed by atoms with Gasteiger partial charge in [-0.15, -0.1) is 0 Å². The summed E-state index contributed by atoms with van der Waals surface area (Å²) >= 11 is 0. The Hall–Kier alpha value is 0.161. The van der Waals surface area contributed by atoms with Crippen LogP contribution in [0.1, 0.15) is 0 Å². The van der Waals surface area contributed by atoms with E-state index in [0.717, 1.165) is 12.2 Å². The molecule has 5 heteroatoms. The number of carbonyl (C=O) groups is 2. The van der Waals surface area contributed by atoms with Crippen LogP contribution < -0.4 is 0 Å². The molecule has 0 aromatic carbocycles. The van der Waals surface area contributed by atoms with E-state index in [9.17, 15) is 9.59 Å². The molecule has 0 aliphatic heterocycles. The molecule has 0 aliphatic carbocycles. The fourth-order valence-electron chi connectivity index (χ4n) is 0.272. The molecule has 0 spiro atoms. The van der Waals surface area contributed by atoms with Crippen molar-refractivity contribution < 1.29 is 19.1 Å². The van der Waals surface area contributed by atoms with Crippen molar-refractivity contribution in [2.24, 2.45) is 0 Å². The van der Waals surface area contributed by atoms with Gasteiger partial charge in [-0.05, 0) is 0 Å². The zero-order valence-corrected chi connectivity index (χ0v) is 5.79. The van der Waals surface area contributed by atoms with Crippen LogP contribution in [0.3, 0.4) is 0 Å². The summed E-state index contributed by atoms with van der Waals surface area (Å²) in [4.78, 5) is 20.6. The molecule has 0 aliphatic rings. The first-order valence-corrected chi connectivity index (χ1v) is 2.54. The molecule has 60 valence electrons. The van der Waals surface area contributed by atoms with E-state index in [1.165, 1.54) is 14.2 Å². The number of methoxy groups -OCH3 is 2. The van der Waals surface area contributed by atoms with Crippen LogP contribution in [0.5, 0.6) is 0 Å². The first-order chi connectivity index (χ1) is 4.70. The first-order valence-electron chi connectivity index (χ1n) is 2.54. The molecular weight excluding hydrogens is 224 g/mol. The van der Waals surface area contributed by atoms with Crippen LogP contribution in [0.25, 0.3) is 0 Å². The van der Waals surface area contributed by atoms with E-state index >= 15 is 0 Å². The van der Waals surface area contributed by atoms with Crippen LogP contribution in [0, 0.1) is 0 Å². The average Bonchev–Trinajstić information content (AvgIpc) is 1.99. The fourth-order valence-corrected chi connectivity index (χ4v) is 0.272. The summed E-state index contributed by atoms with van der Waals surface area (Å²) in [5.41, 5.74) is 0. The van der Waals surface area contributed by atoms with Gasteiger partial charge in [0.1, 0.15) is 0 Å². The van der Waals surface area contributed by atoms with Crippen molar-refractivity contribution in [1.82, 2.24) is 0 Å². The molecule has 4 nitrogen and oxygen atoms in total. The third-order valence-electron chi connectivity index (χ3n) is 0.758. The monoisotopic (exact) mass is 234 g/mol. The molecule has 0 saturated carbocycles. The van der Waals surface area contributed by atoms with Crippen LogP contribution in [-0.4, -0.2) is 71.6 Å². The molecule has 0 saturated heterocycles. The average molecular weight is 234 g/mol. The topological polar surface area (TPSA) is 52.6 Å². The zero-order chi connectivity index (χ0) is 7.98. The molecule has 0 bridgehead atoms. The number of rotatable bonds is 2. The van der Waals surface area contributed by atoms with Crippen molar-refractivity contribution in [3.8, 4) is 0 Å². The second-order valence-electron chi connectivity index (χ2n) is 1.38. The molecule has 11 heavy (non-hydrogen) atoms. The van der Waals surface area contributed by atoms with Crippen molar-refractivity contribution in [3.63, 3.8) is 0 Å². The summed E-state index contributed by atoms with van der Waals surface area (Å²) in [6, 6.07) is 0. The normalized spacial score (nSPS) is 8.55. The summed E-state index contributed by atoms with van der Waals surface area (Å²) in [5.74, 6) is -1.16. The van der Waals surface area contributed by atoms with Gasteiger partial charge in [0, 0.05) is 12.2 Å². The summed E-state index contributed by atoms with van der Waals surface area (Å²) in [6.45, 7) is 0. The molecule has 0 fully saturated rings. The molecule has 0 unspecified atom stereocenters. The SMILES string of the molecule is COC(=O)/C=C/C(=O)OC.[SrH2]. The Labute approximate surface area is 102 Å². The van der Waals surface area contributed by atoms with Gasteiger partial charge in [-0.1, -0.05) is 0 Å². The molecule has 0 amide bonds. The molecule has 0 aromatic rings. The molecular formula is C6H10O4Sr. The number of hydrogen-bond acceptors (Lipinski definition) is 4. The molecule has 0 N–H and O–H groups in total. The molecule has 0 heterocycles. The maximum atomic E-state index is 10.3. The summed E-state index contributed by atoms with van der Waals surface area (Å²) < 4.78 is 8.42. The third kappa shape index (κ3) is 8.06. The van der Waals surface area contributed by atoms with Gasteiger partial charge in [-0.2, -0.15) is 0 Å². The van der Waals surface area contributed by atoms with Crippen molar-refractivity contribution >= 4 is 57.4 Å². The van der Waals surface area contributed by atoms with Crippen LogP contribution in [-0.2, 0) is 19.1 Å². The summed E-state index contributed by atoms with van der Waals surface area (Å²) in [5, 5.41) is 0. The van der Waals surface area contributed by atoms with Crippen molar-refractivity contribution in [2.75, 3.05) is 14.2 Å². The Balaban J connectivity index is 0. The zero-order valence-electron chi connectivity index (χ0n) is 5.79. The minimum atomic E-state index is -0.578. The van der Waals surface area contributed by atoms with Gasteiger partial charge in [-0.25, -0.2) is 9.59 Å². The predicted octanol–water partition coefficient (Wildman–Crippen LogP) is -1.03. The van der Waals surface area contributed by atoms with Crippen LogP contribution in [0.4, 0.5) is 0 Å². The van der Waals surface area contributed by atoms with E-state index in [2.05, 4.69) is 9.47 Å². The van der Waals surface area contributed by atoms with Gasteiger partial charge < -0.3 is 9.47 Å². The number of esters is 2. The van der Waals surface area contributed by atoms with E-state index in [4.69, 9.17) is 0 Å². The fraction of sp³-hybridized carbons (Fsp3) is 0.333. The molecule has 0 radical (unpaired) electrons. The van der Waals surface area contributed by atoms with Crippen molar-refractivity contribution in [3.05, 3.63) is 12.2 Å². The van der Waals surface area contributed by atoms with E-state index < -0.39 is 11.9 Å². The molecule has 0 rings (SSSR count). The van der Waals surface area contributed by atoms with Gasteiger partial charge in [0.25, 0.3) is 0 Å². The number of ether oxygens (including phenoxy) is 2. The Bertz CT molecular complexity index is 146. The Morgan fingerprint density at radius 1 is 1.00 bits per heavy atom. The van der Waals surface area contributed by atoms with E-state index in [0.29, 0.717) is 0 Å². The first kappa shape index (κ1) is 13.7. The van der Waals surface area contributed by atoms with E-state index in [1.807, 2.05) is 0 Å². The second-order valence-corrected chi connectivity index (χ2v) is 1.38. The maximum absolute atomic E-state index is 10.3.